The lowest BCUT2D eigenvalue weighted by molar-refractivity contribution is 0.669. The number of nitrogens with zero attached hydrogens (tertiary/aromatic N) is 3. The fourth-order valence-corrected chi connectivity index (χ4v) is 7.29. The van der Waals surface area contributed by atoms with Gasteiger partial charge in [0, 0.05) is 47.6 Å². The number of aromatic nitrogens is 3. The van der Waals surface area contributed by atoms with Crippen LogP contribution in [0.5, 0.6) is 0 Å². The minimum atomic E-state index is 0.605. The number of hydrogen-bond donors (Lipinski definition) is 0. The molecule has 0 saturated heterocycles. The monoisotopic (exact) mass is 581 g/mol. The highest BCUT2D eigenvalue weighted by molar-refractivity contribution is 7.26. The third-order valence-corrected chi connectivity index (χ3v) is 9.39. The normalized spacial score (nSPS) is 11.6. The maximum atomic E-state index is 6.24. The van der Waals surface area contributed by atoms with E-state index in [2.05, 4.69) is 103 Å². The summed E-state index contributed by atoms with van der Waals surface area (Å²) in [7, 11) is 0. The summed E-state index contributed by atoms with van der Waals surface area (Å²) in [6.45, 7) is 0. The number of thiophene rings is 1. The van der Waals surface area contributed by atoms with Gasteiger partial charge in [-0.2, -0.15) is 0 Å². The zero-order chi connectivity index (χ0) is 29.0. The zero-order valence-electron chi connectivity index (χ0n) is 23.4. The van der Waals surface area contributed by atoms with E-state index in [9.17, 15) is 0 Å². The molecule has 0 aliphatic heterocycles. The number of rotatable bonds is 4. The van der Waals surface area contributed by atoms with Gasteiger partial charge in [-0.3, -0.25) is 0 Å². The first-order valence-electron chi connectivity index (χ1n) is 14.5. The summed E-state index contributed by atoms with van der Waals surface area (Å²) < 4.78 is 8.66. The summed E-state index contributed by atoms with van der Waals surface area (Å²) in [5, 5.41) is 4.62. The van der Waals surface area contributed by atoms with Crippen LogP contribution in [0.15, 0.2) is 144 Å². The fourth-order valence-electron chi connectivity index (χ4n) is 6.08. The summed E-state index contributed by atoms with van der Waals surface area (Å²) in [5.41, 5.74) is 6.69. The van der Waals surface area contributed by atoms with E-state index in [-0.39, 0.29) is 0 Å². The summed E-state index contributed by atoms with van der Waals surface area (Å²) in [5.74, 6) is 1.88. The number of hydrogen-bond acceptors (Lipinski definition) is 5. The molecule has 0 bridgehead atoms. The average molecular weight is 582 g/mol. The molecule has 6 aromatic carbocycles. The Morgan fingerprint density at radius 2 is 1.05 bits per heavy atom. The maximum absolute atomic E-state index is 6.24. The lowest BCUT2D eigenvalue weighted by atomic mass is 9.99. The van der Waals surface area contributed by atoms with E-state index >= 15 is 0 Å². The Kier molecular flexibility index (Phi) is 5.64. The van der Waals surface area contributed by atoms with Gasteiger partial charge in [0.25, 0.3) is 0 Å². The quantitative estimate of drug-likeness (QED) is 0.207. The Hall–Kier alpha value is -5.65. The fraction of sp³-hybridized carbons (Fsp3) is 0. The van der Waals surface area contributed by atoms with Crippen molar-refractivity contribution in [3.63, 3.8) is 0 Å². The molecule has 0 saturated carbocycles. The second-order valence-corrected chi connectivity index (χ2v) is 11.9. The van der Waals surface area contributed by atoms with Crippen LogP contribution >= 0.6 is 11.3 Å². The van der Waals surface area contributed by atoms with Crippen LogP contribution < -0.4 is 0 Å². The van der Waals surface area contributed by atoms with Gasteiger partial charge in [-0.15, -0.1) is 11.3 Å². The molecule has 0 amide bonds. The van der Waals surface area contributed by atoms with Gasteiger partial charge in [0.15, 0.2) is 17.5 Å². The van der Waals surface area contributed by atoms with E-state index in [1.807, 2.05) is 36.4 Å². The van der Waals surface area contributed by atoms with E-state index in [0.717, 1.165) is 49.8 Å². The first-order chi connectivity index (χ1) is 21.8. The molecule has 9 rings (SSSR count). The Labute approximate surface area is 256 Å². The SMILES string of the molecule is c1ccc(-c2ccccc2-c2nc(-c3ccc4c(c3)oc3ccccc34)nc(-c3cccc4c3sc3ccccc34)n2)cc1. The van der Waals surface area contributed by atoms with Gasteiger partial charge in [0.05, 0.1) is 0 Å². The molecule has 0 radical (unpaired) electrons. The number of para-hydroxylation sites is 1. The van der Waals surface area contributed by atoms with Crippen molar-refractivity contribution in [3.05, 3.63) is 140 Å². The highest BCUT2D eigenvalue weighted by atomic mass is 32.1. The van der Waals surface area contributed by atoms with Gasteiger partial charge in [0.1, 0.15) is 11.2 Å². The van der Waals surface area contributed by atoms with E-state index < -0.39 is 0 Å². The van der Waals surface area contributed by atoms with Gasteiger partial charge in [-0.1, -0.05) is 109 Å². The van der Waals surface area contributed by atoms with E-state index in [1.54, 1.807) is 11.3 Å². The first-order valence-corrected chi connectivity index (χ1v) is 15.3. The highest BCUT2D eigenvalue weighted by Crippen LogP contribution is 2.40. The topological polar surface area (TPSA) is 51.8 Å². The molecule has 3 aromatic heterocycles. The average Bonchev–Trinajstić information content (AvgIpc) is 3.66. The number of fused-ring (bicyclic) bond motifs is 6. The summed E-state index contributed by atoms with van der Waals surface area (Å²) in [6.07, 6.45) is 0. The molecule has 5 heteroatoms. The van der Waals surface area contributed by atoms with Gasteiger partial charge in [-0.25, -0.2) is 15.0 Å². The molecule has 0 aliphatic rings. The molecule has 9 aromatic rings. The highest BCUT2D eigenvalue weighted by Gasteiger charge is 2.19. The van der Waals surface area contributed by atoms with Crippen molar-refractivity contribution in [3.8, 4) is 45.3 Å². The largest absolute Gasteiger partial charge is 0.456 e. The van der Waals surface area contributed by atoms with Crippen molar-refractivity contribution in [1.29, 1.82) is 0 Å². The molecular weight excluding hydrogens is 559 g/mol. The summed E-state index contributed by atoms with van der Waals surface area (Å²) >= 11 is 1.78. The molecule has 44 heavy (non-hydrogen) atoms. The zero-order valence-corrected chi connectivity index (χ0v) is 24.3. The van der Waals surface area contributed by atoms with Crippen molar-refractivity contribution in [2.45, 2.75) is 0 Å². The molecular formula is C39H23N3OS. The smallest absolute Gasteiger partial charge is 0.165 e. The van der Waals surface area contributed by atoms with Crippen LogP contribution in [0.1, 0.15) is 0 Å². The number of furan rings is 1. The van der Waals surface area contributed by atoms with Crippen molar-refractivity contribution in [2.75, 3.05) is 0 Å². The lowest BCUT2D eigenvalue weighted by Crippen LogP contribution is -2.01. The van der Waals surface area contributed by atoms with Crippen LogP contribution in [0.3, 0.4) is 0 Å². The van der Waals surface area contributed by atoms with E-state index in [4.69, 9.17) is 19.4 Å². The summed E-state index contributed by atoms with van der Waals surface area (Å²) in [4.78, 5) is 15.4. The Bertz CT molecular complexity index is 2510. The molecule has 206 valence electrons. The minimum absolute atomic E-state index is 0.605. The van der Waals surface area contributed by atoms with E-state index in [0.29, 0.717) is 17.5 Å². The number of benzene rings is 6. The van der Waals surface area contributed by atoms with Crippen molar-refractivity contribution < 1.29 is 4.42 Å². The van der Waals surface area contributed by atoms with Gasteiger partial charge >= 0.3 is 0 Å². The maximum Gasteiger partial charge on any atom is 0.165 e. The molecule has 0 spiro atoms. The second-order valence-electron chi connectivity index (χ2n) is 10.8. The van der Waals surface area contributed by atoms with Gasteiger partial charge in [-0.05, 0) is 41.5 Å². The molecule has 4 nitrogen and oxygen atoms in total. The van der Waals surface area contributed by atoms with Crippen LogP contribution in [-0.2, 0) is 0 Å². The van der Waals surface area contributed by atoms with Gasteiger partial charge < -0.3 is 4.42 Å². The van der Waals surface area contributed by atoms with Gasteiger partial charge in [0.2, 0.25) is 0 Å². The van der Waals surface area contributed by atoms with E-state index in [1.165, 1.54) is 20.2 Å². The predicted octanol–water partition coefficient (Wildman–Crippen LogP) is 10.8. The Balaban J connectivity index is 1.31. The molecule has 0 unspecified atom stereocenters. The third kappa shape index (κ3) is 4.02. The van der Waals surface area contributed by atoms with Crippen LogP contribution in [-0.4, -0.2) is 15.0 Å². The van der Waals surface area contributed by atoms with Crippen LogP contribution in [0, 0.1) is 0 Å². The van der Waals surface area contributed by atoms with Crippen molar-refractivity contribution in [2.24, 2.45) is 0 Å². The lowest BCUT2D eigenvalue weighted by Gasteiger charge is -2.12. The van der Waals surface area contributed by atoms with Crippen LogP contribution in [0.4, 0.5) is 0 Å². The Morgan fingerprint density at radius 1 is 0.409 bits per heavy atom. The summed E-state index contributed by atoms with van der Waals surface area (Å²) in [6, 6.07) is 48.0. The molecule has 3 heterocycles. The standard InChI is InChI=1S/C39H23N3OS/c1-2-11-24(12-3-1)26-13-4-5-16-31(26)38-40-37(25-21-22-28-27-14-6-8-19-33(27)43-34(28)23-25)41-39(42-38)32-18-10-17-30-29-15-7-9-20-35(29)44-36(30)32/h1-23H. The Morgan fingerprint density at radius 3 is 1.93 bits per heavy atom. The second kappa shape index (κ2) is 9.97. The molecule has 0 aliphatic carbocycles. The predicted molar refractivity (Wildman–Crippen MR) is 182 cm³/mol. The van der Waals surface area contributed by atoms with Crippen molar-refractivity contribution >= 4 is 53.4 Å². The van der Waals surface area contributed by atoms with Crippen molar-refractivity contribution in [1.82, 2.24) is 15.0 Å². The third-order valence-electron chi connectivity index (χ3n) is 8.17. The molecule has 0 N–H and O–H groups in total. The minimum Gasteiger partial charge on any atom is -0.456 e. The molecule has 0 fully saturated rings. The first kappa shape index (κ1) is 24.9. The van der Waals surface area contributed by atoms with Crippen LogP contribution in [0.25, 0.3) is 87.4 Å². The molecule has 0 atom stereocenters. The van der Waals surface area contributed by atoms with Crippen LogP contribution in [0.2, 0.25) is 0 Å².